The molecule has 0 saturated heterocycles. The van der Waals surface area contributed by atoms with Gasteiger partial charge in [0.1, 0.15) is 6.04 Å². The fraction of sp³-hybridized carbons (Fsp3) is 0.238. The van der Waals surface area contributed by atoms with E-state index in [-0.39, 0.29) is 11.1 Å². The Hall–Kier alpha value is -3.48. The molecule has 2 aromatic rings. The number of hydrogen-bond donors (Lipinski definition) is 0. The van der Waals surface area contributed by atoms with Crippen molar-refractivity contribution in [1.29, 1.82) is 0 Å². The second-order valence-corrected chi connectivity index (χ2v) is 6.66. The summed E-state index contributed by atoms with van der Waals surface area (Å²) >= 11 is 0. The molecule has 0 fully saturated rings. The highest BCUT2D eigenvalue weighted by Crippen LogP contribution is 2.26. The molecule has 1 heterocycles. The van der Waals surface area contributed by atoms with Crippen molar-refractivity contribution in [3.63, 3.8) is 0 Å². The predicted molar refractivity (Wildman–Crippen MR) is 100 cm³/mol. The van der Waals surface area contributed by atoms with Gasteiger partial charge in [-0.25, -0.2) is 4.79 Å². The van der Waals surface area contributed by atoms with E-state index in [9.17, 15) is 19.2 Å². The molecule has 0 bridgehead atoms. The van der Waals surface area contributed by atoms with Crippen molar-refractivity contribution in [3.8, 4) is 0 Å². The Kier molecular flexibility index (Phi) is 5.26. The van der Waals surface area contributed by atoms with Crippen molar-refractivity contribution in [2.45, 2.75) is 19.1 Å². The number of ether oxygens (including phenoxy) is 1. The third-order valence-corrected chi connectivity index (χ3v) is 4.56. The molecule has 0 radical (unpaired) electrons. The lowest BCUT2D eigenvalue weighted by Crippen LogP contribution is -2.45. The summed E-state index contributed by atoms with van der Waals surface area (Å²) in [7, 11) is 3.11. The number of carbonyl (C=O) groups excluding carboxylic acids is 4. The largest absolute Gasteiger partial charge is 0.446 e. The minimum atomic E-state index is -1.17. The van der Waals surface area contributed by atoms with Gasteiger partial charge in [-0.3, -0.25) is 19.3 Å². The number of likely N-dealkylation sites (N-methyl/N-ethyl adjacent to an activating group) is 1. The van der Waals surface area contributed by atoms with Gasteiger partial charge in [-0.2, -0.15) is 0 Å². The average molecular weight is 380 g/mol. The summed E-state index contributed by atoms with van der Waals surface area (Å²) in [6.45, 7) is 1.41. The summed E-state index contributed by atoms with van der Waals surface area (Å²) in [6, 6.07) is 13.8. The first-order valence-corrected chi connectivity index (χ1v) is 8.76. The molecule has 2 atom stereocenters. The van der Waals surface area contributed by atoms with Crippen LogP contribution in [0.4, 0.5) is 0 Å². The zero-order chi connectivity index (χ0) is 20.4. The Morgan fingerprint density at radius 3 is 1.89 bits per heavy atom. The molecule has 0 spiro atoms. The summed E-state index contributed by atoms with van der Waals surface area (Å²) in [5.74, 6) is -2.37. The number of benzene rings is 2. The van der Waals surface area contributed by atoms with Gasteiger partial charge in [0.2, 0.25) is 6.10 Å². The monoisotopic (exact) mass is 380 g/mol. The Morgan fingerprint density at radius 2 is 1.39 bits per heavy atom. The van der Waals surface area contributed by atoms with E-state index in [0.29, 0.717) is 5.56 Å². The van der Waals surface area contributed by atoms with Crippen molar-refractivity contribution in [2.24, 2.45) is 0 Å². The topological polar surface area (TPSA) is 84.0 Å². The molecule has 1 aliphatic heterocycles. The SMILES string of the molecule is C[C@H](C(=O)O[C@@H](C(=O)N(C)C)c1ccccc1)N1C(=O)c2ccccc2C1=O. The number of rotatable bonds is 5. The van der Waals surface area contributed by atoms with E-state index in [0.717, 1.165) is 4.90 Å². The van der Waals surface area contributed by atoms with Crippen LogP contribution in [0, 0.1) is 0 Å². The quantitative estimate of drug-likeness (QED) is 0.586. The van der Waals surface area contributed by atoms with Gasteiger partial charge in [0.05, 0.1) is 11.1 Å². The van der Waals surface area contributed by atoms with Crippen molar-refractivity contribution in [1.82, 2.24) is 9.80 Å². The lowest BCUT2D eigenvalue weighted by Gasteiger charge is -2.25. The summed E-state index contributed by atoms with van der Waals surface area (Å²) in [4.78, 5) is 52.6. The van der Waals surface area contributed by atoms with Crippen LogP contribution in [-0.2, 0) is 14.3 Å². The van der Waals surface area contributed by atoms with E-state index in [1.807, 2.05) is 0 Å². The van der Waals surface area contributed by atoms with E-state index >= 15 is 0 Å². The van der Waals surface area contributed by atoms with E-state index < -0.39 is 35.8 Å². The summed E-state index contributed by atoms with van der Waals surface area (Å²) in [5, 5.41) is 0. The highest BCUT2D eigenvalue weighted by atomic mass is 16.6. The van der Waals surface area contributed by atoms with Gasteiger partial charge in [0.25, 0.3) is 17.7 Å². The molecule has 144 valence electrons. The molecular formula is C21H20N2O5. The van der Waals surface area contributed by atoms with Gasteiger partial charge in [-0.05, 0) is 19.1 Å². The molecular weight excluding hydrogens is 360 g/mol. The molecule has 3 rings (SSSR count). The van der Waals surface area contributed by atoms with Crippen LogP contribution in [-0.4, -0.2) is 53.6 Å². The zero-order valence-corrected chi connectivity index (χ0v) is 15.8. The third kappa shape index (κ3) is 3.38. The van der Waals surface area contributed by atoms with Crippen LogP contribution >= 0.6 is 0 Å². The van der Waals surface area contributed by atoms with Gasteiger partial charge >= 0.3 is 5.97 Å². The molecule has 28 heavy (non-hydrogen) atoms. The van der Waals surface area contributed by atoms with Crippen LogP contribution in [0.5, 0.6) is 0 Å². The number of esters is 1. The Labute approximate surface area is 162 Å². The fourth-order valence-electron chi connectivity index (χ4n) is 3.00. The normalized spacial score (nSPS) is 15.0. The third-order valence-electron chi connectivity index (χ3n) is 4.56. The maximum absolute atomic E-state index is 12.7. The first-order chi connectivity index (χ1) is 13.3. The molecule has 3 amide bonds. The van der Waals surface area contributed by atoms with E-state index in [1.54, 1.807) is 56.6 Å². The minimum absolute atomic E-state index is 0.246. The van der Waals surface area contributed by atoms with Gasteiger partial charge in [-0.15, -0.1) is 0 Å². The first-order valence-electron chi connectivity index (χ1n) is 8.76. The molecule has 7 heteroatoms. The van der Waals surface area contributed by atoms with Crippen LogP contribution in [0.3, 0.4) is 0 Å². The second kappa shape index (κ2) is 7.64. The molecule has 2 aromatic carbocycles. The minimum Gasteiger partial charge on any atom is -0.446 e. The summed E-state index contributed by atoms with van der Waals surface area (Å²) < 4.78 is 5.45. The summed E-state index contributed by atoms with van der Waals surface area (Å²) in [6.07, 6.45) is -1.17. The first kappa shape index (κ1) is 19.3. The molecule has 0 N–H and O–H groups in total. The van der Waals surface area contributed by atoms with Gasteiger partial charge in [0, 0.05) is 19.7 Å². The van der Waals surface area contributed by atoms with Crippen molar-refractivity contribution >= 4 is 23.7 Å². The number of imide groups is 1. The van der Waals surface area contributed by atoms with E-state index in [2.05, 4.69) is 0 Å². The number of hydrogen-bond acceptors (Lipinski definition) is 5. The highest BCUT2D eigenvalue weighted by molar-refractivity contribution is 6.22. The van der Waals surface area contributed by atoms with Crippen LogP contribution < -0.4 is 0 Å². The van der Waals surface area contributed by atoms with E-state index in [4.69, 9.17) is 4.74 Å². The van der Waals surface area contributed by atoms with Crippen LogP contribution in [0.1, 0.15) is 39.3 Å². The molecule has 7 nitrogen and oxygen atoms in total. The molecule has 0 aromatic heterocycles. The summed E-state index contributed by atoms with van der Waals surface area (Å²) in [5.41, 5.74) is 0.997. The standard InChI is InChI=1S/C21H20N2O5/c1-13(23-18(24)15-11-7-8-12-16(15)19(23)25)21(27)28-17(20(26)22(2)3)14-9-5-4-6-10-14/h4-13,17H,1-3H3/t13-,17-/m1/s1. The van der Waals surface area contributed by atoms with Gasteiger partial charge < -0.3 is 9.64 Å². The van der Waals surface area contributed by atoms with Crippen molar-refractivity contribution < 1.29 is 23.9 Å². The fourth-order valence-corrected chi connectivity index (χ4v) is 3.00. The number of carbonyl (C=O) groups is 4. The maximum atomic E-state index is 12.7. The molecule has 0 aliphatic carbocycles. The lowest BCUT2D eigenvalue weighted by molar-refractivity contribution is -0.162. The van der Waals surface area contributed by atoms with Crippen LogP contribution in [0.25, 0.3) is 0 Å². The van der Waals surface area contributed by atoms with Crippen molar-refractivity contribution in [3.05, 3.63) is 71.3 Å². The van der Waals surface area contributed by atoms with Crippen LogP contribution in [0.15, 0.2) is 54.6 Å². The Balaban J connectivity index is 1.84. The predicted octanol–water partition coefficient (Wildman–Crippen LogP) is 2.04. The van der Waals surface area contributed by atoms with Gasteiger partial charge in [0.15, 0.2) is 0 Å². The molecule has 1 aliphatic rings. The van der Waals surface area contributed by atoms with Crippen LogP contribution in [0.2, 0.25) is 0 Å². The van der Waals surface area contributed by atoms with E-state index in [1.165, 1.54) is 24.0 Å². The average Bonchev–Trinajstić information content (AvgIpc) is 2.96. The van der Waals surface area contributed by atoms with Crippen molar-refractivity contribution in [2.75, 3.05) is 14.1 Å². The number of amides is 3. The second-order valence-electron chi connectivity index (χ2n) is 6.66. The smallest absolute Gasteiger partial charge is 0.330 e. The maximum Gasteiger partial charge on any atom is 0.330 e. The highest BCUT2D eigenvalue weighted by Gasteiger charge is 2.42. The molecule has 0 unspecified atom stereocenters. The number of nitrogens with zero attached hydrogens (tertiary/aromatic N) is 2. The number of fused-ring (bicyclic) bond motifs is 1. The van der Waals surface area contributed by atoms with Gasteiger partial charge in [-0.1, -0.05) is 42.5 Å². The lowest BCUT2D eigenvalue weighted by atomic mass is 10.1. The Morgan fingerprint density at radius 1 is 0.893 bits per heavy atom. The Bertz CT molecular complexity index is 904. The molecule has 0 saturated carbocycles. The zero-order valence-electron chi connectivity index (χ0n) is 15.8.